The van der Waals surface area contributed by atoms with Crippen molar-refractivity contribution in [2.75, 3.05) is 31.6 Å². The number of ether oxygens (including phenoxy) is 1. The van der Waals surface area contributed by atoms with Gasteiger partial charge in [0.15, 0.2) is 0 Å². The molecule has 1 aromatic rings. The molecule has 7 heteroatoms. The van der Waals surface area contributed by atoms with Crippen LogP contribution >= 0.6 is 0 Å². The van der Waals surface area contributed by atoms with Gasteiger partial charge in [-0.05, 0) is 56.1 Å². The summed E-state index contributed by atoms with van der Waals surface area (Å²) in [4.78, 5) is 13.2. The Morgan fingerprint density at radius 3 is 2.43 bits per heavy atom. The van der Waals surface area contributed by atoms with Crippen molar-refractivity contribution >= 4 is 11.6 Å². The van der Waals surface area contributed by atoms with Crippen LogP contribution < -0.4 is 10.1 Å². The third-order valence-corrected chi connectivity index (χ3v) is 3.92. The average molecular weight is 330 g/mol. The molecule has 1 saturated heterocycles. The van der Waals surface area contributed by atoms with Crippen molar-refractivity contribution in [1.82, 2.24) is 4.90 Å². The average Bonchev–Trinajstić information content (AvgIpc) is 2.50. The Morgan fingerprint density at radius 1 is 1.26 bits per heavy atom. The van der Waals surface area contributed by atoms with Crippen LogP contribution in [0.4, 0.5) is 18.9 Å². The first-order valence-electron chi connectivity index (χ1n) is 7.68. The number of hydrogen-bond acceptors (Lipinski definition) is 3. The molecule has 1 fully saturated rings. The molecule has 0 aromatic heterocycles. The topological polar surface area (TPSA) is 41.6 Å². The van der Waals surface area contributed by atoms with Gasteiger partial charge in [-0.25, -0.2) is 0 Å². The molecular formula is C16H21F3N2O2. The fourth-order valence-electron chi connectivity index (χ4n) is 2.41. The third kappa shape index (κ3) is 5.74. The Hall–Kier alpha value is -1.76. The number of nitrogens with one attached hydrogen (secondary N) is 1. The van der Waals surface area contributed by atoms with Crippen molar-refractivity contribution in [3.05, 3.63) is 24.3 Å². The zero-order valence-corrected chi connectivity index (χ0v) is 13.0. The largest absolute Gasteiger partial charge is 0.492 e. The molecule has 1 N–H and O–H groups in total. The van der Waals surface area contributed by atoms with E-state index in [2.05, 4.69) is 11.8 Å². The van der Waals surface area contributed by atoms with E-state index in [0.717, 1.165) is 25.6 Å². The number of likely N-dealkylation sites (tertiary alicyclic amines) is 1. The van der Waals surface area contributed by atoms with E-state index in [-0.39, 0.29) is 5.69 Å². The number of rotatable bonds is 5. The Bertz CT molecular complexity index is 509. The van der Waals surface area contributed by atoms with Gasteiger partial charge < -0.3 is 10.1 Å². The van der Waals surface area contributed by atoms with E-state index in [1.165, 1.54) is 25.0 Å². The van der Waals surface area contributed by atoms with Crippen molar-refractivity contribution < 1.29 is 22.7 Å². The number of nitrogens with zero attached hydrogens (tertiary/aromatic N) is 1. The predicted octanol–water partition coefficient (Wildman–Crippen LogP) is 3.30. The Morgan fingerprint density at radius 2 is 1.87 bits per heavy atom. The smallest absolute Gasteiger partial charge is 0.471 e. The lowest BCUT2D eigenvalue weighted by molar-refractivity contribution is -0.167. The molecule has 1 amide bonds. The van der Waals surface area contributed by atoms with Gasteiger partial charge >= 0.3 is 12.1 Å². The number of carbonyl (C=O) groups is 1. The monoisotopic (exact) mass is 330 g/mol. The lowest BCUT2D eigenvalue weighted by Gasteiger charge is -2.29. The number of benzene rings is 1. The Balaban J connectivity index is 1.73. The molecule has 0 radical (unpaired) electrons. The van der Waals surface area contributed by atoms with Crippen LogP contribution in [0.25, 0.3) is 0 Å². The molecule has 0 atom stereocenters. The summed E-state index contributed by atoms with van der Waals surface area (Å²) >= 11 is 0. The summed E-state index contributed by atoms with van der Waals surface area (Å²) in [5.74, 6) is -0.627. The highest BCUT2D eigenvalue weighted by Crippen LogP contribution is 2.20. The highest BCUT2D eigenvalue weighted by atomic mass is 19.4. The normalized spacial score (nSPS) is 17.0. The van der Waals surface area contributed by atoms with Crippen LogP contribution in [-0.4, -0.2) is 43.2 Å². The molecule has 0 bridgehead atoms. The van der Waals surface area contributed by atoms with E-state index in [1.54, 1.807) is 17.4 Å². The van der Waals surface area contributed by atoms with Gasteiger partial charge in [-0.2, -0.15) is 13.2 Å². The summed E-state index contributed by atoms with van der Waals surface area (Å²) in [5.41, 5.74) is 0.0877. The van der Waals surface area contributed by atoms with Crippen molar-refractivity contribution in [2.24, 2.45) is 5.92 Å². The molecule has 1 aromatic carbocycles. The lowest BCUT2D eigenvalue weighted by Crippen LogP contribution is -2.35. The fraction of sp³-hybridized carbons (Fsp3) is 0.562. The van der Waals surface area contributed by atoms with E-state index in [0.29, 0.717) is 12.4 Å². The van der Waals surface area contributed by atoms with E-state index in [9.17, 15) is 18.0 Å². The summed E-state index contributed by atoms with van der Waals surface area (Å²) in [7, 11) is 0. The molecule has 1 aliphatic heterocycles. The molecule has 2 rings (SSSR count). The minimum Gasteiger partial charge on any atom is -0.492 e. The molecule has 0 spiro atoms. The lowest BCUT2D eigenvalue weighted by atomic mass is 9.99. The van der Waals surface area contributed by atoms with Gasteiger partial charge in [0, 0.05) is 12.2 Å². The molecule has 128 valence electrons. The maximum atomic E-state index is 12.1. The second-order valence-corrected chi connectivity index (χ2v) is 5.85. The van der Waals surface area contributed by atoms with Crippen LogP contribution in [0.3, 0.4) is 0 Å². The minimum absolute atomic E-state index is 0.0877. The van der Waals surface area contributed by atoms with E-state index in [1.807, 2.05) is 0 Å². The number of alkyl halides is 3. The number of amides is 1. The van der Waals surface area contributed by atoms with Crippen LogP contribution in [0.5, 0.6) is 5.75 Å². The molecule has 1 heterocycles. The van der Waals surface area contributed by atoms with Gasteiger partial charge in [-0.3, -0.25) is 9.69 Å². The van der Waals surface area contributed by atoms with Crippen LogP contribution in [0.15, 0.2) is 24.3 Å². The van der Waals surface area contributed by atoms with E-state index >= 15 is 0 Å². The van der Waals surface area contributed by atoms with Crippen LogP contribution in [0.1, 0.15) is 19.8 Å². The van der Waals surface area contributed by atoms with Crippen LogP contribution in [-0.2, 0) is 4.79 Å². The summed E-state index contributed by atoms with van der Waals surface area (Å²) in [6, 6.07) is 5.87. The second kappa shape index (κ2) is 7.68. The first-order chi connectivity index (χ1) is 10.8. The fourth-order valence-corrected chi connectivity index (χ4v) is 2.41. The Kier molecular flexibility index (Phi) is 5.87. The minimum atomic E-state index is -4.89. The maximum absolute atomic E-state index is 12.1. The molecule has 4 nitrogen and oxygen atoms in total. The maximum Gasteiger partial charge on any atom is 0.471 e. The summed E-state index contributed by atoms with van der Waals surface area (Å²) < 4.78 is 42.0. The highest BCUT2D eigenvalue weighted by molar-refractivity contribution is 5.94. The summed E-state index contributed by atoms with van der Waals surface area (Å²) in [6.45, 7) is 5.77. The quantitative estimate of drug-likeness (QED) is 0.901. The van der Waals surface area contributed by atoms with Gasteiger partial charge in [0.05, 0.1) is 0 Å². The number of halogens is 3. The van der Waals surface area contributed by atoms with Crippen molar-refractivity contribution in [3.63, 3.8) is 0 Å². The van der Waals surface area contributed by atoms with Gasteiger partial charge in [0.1, 0.15) is 12.4 Å². The van der Waals surface area contributed by atoms with E-state index in [4.69, 9.17) is 4.74 Å². The van der Waals surface area contributed by atoms with Gasteiger partial charge in [-0.15, -0.1) is 0 Å². The van der Waals surface area contributed by atoms with Crippen molar-refractivity contribution in [3.8, 4) is 5.75 Å². The number of carbonyl (C=O) groups excluding carboxylic acids is 1. The first kappa shape index (κ1) is 17.6. The molecule has 0 unspecified atom stereocenters. The third-order valence-electron chi connectivity index (χ3n) is 3.92. The van der Waals surface area contributed by atoms with Crippen LogP contribution in [0, 0.1) is 5.92 Å². The second-order valence-electron chi connectivity index (χ2n) is 5.85. The molecule has 23 heavy (non-hydrogen) atoms. The first-order valence-corrected chi connectivity index (χ1v) is 7.68. The SMILES string of the molecule is CC1CCN(CCOc2ccc(NC(=O)C(F)(F)F)cc2)CC1. The number of anilines is 1. The summed E-state index contributed by atoms with van der Waals surface area (Å²) in [5, 5.41) is 1.79. The summed E-state index contributed by atoms with van der Waals surface area (Å²) in [6.07, 6.45) is -2.48. The number of hydrogen-bond donors (Lipinski definition) is 1. The molecule has 0 saturated carbocycles. The van der Waals surface area contributed by atoms with Crippen molar-refractivity contribution in [2.45, 2.75) is 25.9 Å². The van der Waals surface area contributed by atoms with Crippen LogP contribution in [0.2, 0.25) is 0 Å². The van der Waals surface area contributed by atoms with Crippen molar-refractivity contribution in [1.29, 1.82) is 0 Å². The standard InChI is InChI=1S/C16H21F3N2O2/c1-12-6-8-21(9-7-12)10-11-23-14-4-2-13(3-5-14)20-15(22)16(17,18)19/h2-5,12H,6-11H2,1H3,(H,20,22). The Labute approximate surface area is 133 Å². The number of piperidine rings is 1. The molecule has 1 aliphatic rings. The van der Waals surface area contributed by atoms with Gasteiger partial charge in [-0.1, -0.05) is 6.92 Å². The zero-order valence-electron chi connectivity index (χ0n) is 13.0. The van der Waals surface area contributed by atoms with E-state index < -0.39 is 12.1 Å². The van der Waals surface area contributed by atoms with Gasteiger partial charge in [0.2, 0.25) is 0 Å². The van der Waals surface area contributed by atoms with Gasteiger partial charge in [0.25, 0.3) is 0 Å². The zero-order chi connectivity index (χ0) is 16.9. The molecular weight excluding hydrogens is 309 g/mol. The predicted molar refractivity (Wildman–Crippen MR) is 81.5 cm³/mol. The highest BCUT2D eigenvalue weighted by Gasteiger charge is 2.38. The molecule has 0 aliphatic carbocycles.